The average molecular weight is 309 g/mol. The highest BCUT2D eigenvalue weighted by molar-refractivity contribution is 5.46. The summed E-state index contributed by atoms with van der Waals surface area (Å²) in [4.78, 5) is 4.42. The van der Waals surface area contributed by atoms with Crippen molar-refractivity contribution in [2.75, 3.05) is 19.8 Å². The van der Waals surface area contributed by atoms with Crippen molar-refractivity contribution in [3.05, 3.63) is 65.9 Å². The summed E-state index contributed by atoms with van der Waals surface area (Å²) in [5, 5.41) is 3.27. The van der Waals surface area contributed by atoms with Crippen molar-refractivity contribution in [2.24, 2.45) is 0 Å². The third-order valence-corrected chi connectivity index (χ3v) is 4.00. The van der Waals surface area contributed by atoms with Gasteiger partial charge in [0.2, 0.25) is 0 Å². The number of rotatable bonds is 5. The SMILES string of the molecule is C1=CCNC(COCc2cn(-c3ccc4c(c3)CCO4)cn2)=C1. The lowest BCUT2D eigenvalue weighted by atomic mass is 10.1. The summed E-state index contributed by atoms with van der Waals surface area (Å²) in [6, 6.07) is 6.25. The molecule has 2 aliphatic rings. The minimum Gasteiger partial charge on any atom is -0.493 e. The number of nitrogens with one attached hydrogen (secondary N) is 1. The number of hydrogen-bond donors (Lipinski definition) is 1. The van der Waals surface area contributed by atoms with Gasteiger partial charge >= 0.3 is 0 Å². The summed E-state index contributed by atoms with van der Waals surface area (Å²) >= 11 is 0. The molecule has 0 unspecified atom stereocenters. The molecule has 0 saturated carbocycles. The summed E-state index contributed by atoms with van der Waals surface area (Å²) in [5.41, 5.74) is 4.39. The molecular formula is C18H19N3O2. The minimum absolute atomic E-state index is 0.504. The van der Waals surface area contributed by atoms with E-state index in [1.807, 2.05) is 35.3 Å². The maximum atomic E-state index is 5.72. The third kappa shape index (κ3) is 3.14. The lowest BCUT2D eigenvalue weighted by molar-refractivity contribution is 0.136. The number of aromatic nitrogens is 2. The number of ether oxygens (including phenoxy) is 2. The zero-order valence-electron chi connectivity index (χ0n) is 12.9. The monoisotopic (exact) mass is 309 g/mol. The maximum Gasteiger partial charge on any atom is 0.122 e. The number of benzene rings is 1. The Morgan fingerprint density at radius 1 is 1.30 bits per heavy atom. The Morgan fingerprint density at radius 2 is 2.30 bits per heavy atom. The summed E-state index contributed by atoms with van der Waals surface area (Å²) in [6.45, 7) is 2.73. The van der Waals surface area contributed by atoms with Crippen LogP contribution in [0.25, 0.3) is 5.69 Å². The van der Waals surface area contributed by atoms with Crippen LogP contribution in [0, 0.1) is 0 Å². The molecule has 118 valence electrons. The second kappa shape index (κ2) is 6.30. The molecule has 3 heterocycles. The highest BCUT2D eigenvalue weighted by Gasteiger charge is 2.12. The fourth-order valence-corrected chi connectivity index (χ4v) is 2.78. The molecule has 5 nitrogen and oxygen atoms in total. The first-order valence-corrected chi connectivity index (χ1v) is 7.85. The number of allylic oxidation sites excluding steroid dienone is 2. The van der Waals surface area contributed by atoms with Crippen molar-refractivity contribution in [2.45, 2.75) is 13.0 Å². The van der Waals surface area contributed by atoms with Crippen molar-refractivity contribution in [1.82, 2.24) is 14.9 Å². The molecule has 1 aromatic heterocycles. The summed E-state index contributed by atoms with van der Waals surface area (Å²) in [7, 11) is 0. The molecule has 1 aromatic carbocycles. The maximum absolute atomic E-state index is 5.72. The molecular weight excluding hydrogens is 290 g/mol. The third-order valence-electron chi connectivity index (χ3n) is 4.00. The van der Waals surface area contributed by atoms with E-state index >= 15 is 0 Å². The summed E-state index contributed by atoms with van der Waals surface area (Å²) < 4.78 is 13.3. The van der Waals surface area contributed by atoms with E-state index in [0.717, 1.165) is 42.4 Å². The number of nitrogens with zero attached hydrogens (tertiary/aromatic N) is 2. The van der Waals surface area contributed by atoms with Gasteiger partial charge in [-0.25, -0.2) is 4.98 Å². The fraction of sp³-hybridized carbons (Fsp3) is 0.278. The Labute approximate surface area is 135 Å². The first kappa shape index (κ1) is 14.1. The zero-order chi connectivity index (χ0) is 15.5. The van der Waals surface area contributed by atoms with Gasteiger partial charge in [-0.05, 0) is 29.8 Å². The molecule has 0 amide bonds. The van der Waals surface area contributed by atoms with Crippen LogP contribution in [0.5, 0.6) is 5.75 Å². The van der Waals surface area contributed by atoms with E-state index in [-0.39, 0.29) is 0 Å². The molecule has 2 aromatic rings. The van der Waals surface area contributed by atoms with E-state index in [4.69, 9.17) is 9.47 Å². The van der Waals surface area contributed by atoms with E-state index in [2.05, 4.69) is 28.5 Å². The molecule has 4 rings (SSSR count). The second-order valence-electron chi connectivity index (χ2n) is 5.66. The minimum atomic E-state index is 0.504. The van der Waals surface area contributed by atoms with E-state index < -0.39 is 0 Å². The Balaban J connectivity index is 1.39. The number of imidazole rings is 1. The average Bonchev–Trinajstić information content (AvgIpc) is 3.24. The predicted molar refractivity (Wildman–Crippen MR) is 87.6 cm³/mol. The van der Waals surface area contributed by atoms with Gasteiger partial charge in [0.25, 0.3) is 0 Å². The van der Waals surface area contributed by atoms with Crippen LogP contribution in [0.3, 0.4) is 0 Å². The van der Waals surface area contributed by atoms with Gasteiger partial charge in [-0.3, -0.25) is 0 Å². The number of dihydropyridines is 1. The van der Waals surface area contributed by atoms with Crippen LogP contribution >= 0.6 is 0 Å². The lowest BCUT2D eigenvalue weighted by Gasteiger charge is -2.11. The van der Waals surface area contributed by atoms with Crippen molar-refractivity contribution in [3.63, 3.8) is 0 Å². The van der Waals surface area contributed by atoms with Crippen LogP contribution < -0.4 is 10.1 Å². The highest BCUT2D eigenvalue weighted by atomic mass is 16.5. The Bertz CT molecular complexity index is 761. The fourth-order valence-electron chi connectivity index (χ4n) is 2.78. The standard InChI is InChI=1S/C18H19N3O2/c1-2-7-19-15(3-1)11-22-12-16-10-21(13-20-16)17-4-5-18-14(9-17)6-8-23-18/h1-5,9-10,13,19H,6-8,11-12H2. The number of hydrogen-bond acceptors (Lipinski definition) is 4. The molecule has 0 fully saturated rings. The first-order chi connectivity index (χ1) is 11.4. The molecule has 0 radical (unpaired) electrons. The molecule has 0 bridgehead atoms. The van der Waals surface area contributed by atoms with Crippen molar-refractivity contribution in [1.29, 1.82) is 0 Å². The van der Waals surface area contributed by atoms with Gasteiger partial charge in [0.1, 0.15) is 5.75 Å². The van der Waals surface area contributed by atoms with Crippen LogP contribution in [-0.2, 0) is 17.8 Å². The van der Waals surface area contributed by atoms with Crippen LogP contribution in [0.1, 0.15) is 11.3 Å². The quantitative estimate of drug-likeness (QED) is 0.921. The second-order valence-corrected chi connectivity index (χ2v) is 5.66. The lowest BCUT2D eigenvalue weighted by Crippen LogP contribution is -2.19. The van der Waals surface area contributed by atoms with Gasteiger partial charge in [-0.15, -0.1) is 0 Å². The molecule has 2 aliphatic heterocycles. The Kier molecular flexibility index (Phi) is 3.86. The molecule has 0 atom stereocenters. The van der Waals surface area contributed by atoms with Gasteiger partial charge in [0, 0.05) is 30.5 Å². The predicted octanol–water partition coefficient (Wildman–Crippen LogP) is 2.37. The Morgan fingerprint density at radius 3 is 3.22 bits per heavy atom. The molecule has 0 aliphatic carbocycles. The van der Waals surface area contributed by atoms with Gasteiger partial charge in [-0.2, -0.15) is 0 Å². The van der Waals surface area contributed by atoms with E-state index in [1.165, 1.54) is 5.56 Å². The molecule has 0 saturated heterocycles. The molecule has 0 spiro atoms. The topological polar surface area (TPSA) is 48.3 Å². The normalized spacial score (nSPS) is 15.7. The van der Waals surface area contributed by atoms with Crippen LogP contribution in [0.15, 0.2) is 54.6 Å². The summed E-state index contributed by atoms with van der Waals surface area (Å²) in [5.74, 6) is 1.000. The summed E-state index contributed by atoms with van der Waals surface area (Å²) in [6.07, 6.45) is 11.0. The molecule has 1 N–H and O–H groups in total. The Hall–Kier alpha value is -2.53. The first-order valence-electron chi connectivity index (χ1n) is 7.85. The van der Waals surface area contributed by atoms with Gasteiger partial charge in [-0.1, -0.05) is 12.2 Å². The van der Waals surface area contributed by atoms with Gasteiger partial charge < -0.3 is 19.4 Å². The van der Waals surface area contributed by atoms with Crippen LogP contribution in [0.4, 0.5) is 0 Å². The van der Waals surface area contributed by atoms with Gasteiger partial charge in [0.05, 0.1) is 31.8 Å². The van der Waals surface area contributed by atoms with E-state index in [1.54, 1.807) is 0 Å². The zero-order valence-corrected chi connectivity index (χ0v) is 12.9. The van der Waals surface area contributed by atoms with Crippen LogP contribution in [-0.4, -0.2) is 29.3 Å². The van der Waals surface area contributed by atoms with Gasteiger partial charge in [0.15, 0.2) is 0 Å². The highest BCUT2D eigenvalue weighted by Crippen LogP contribution is 2.27. The smallest absolute Gasteiger partial charge is 0.122 e. The largest absolute Gasteiger partial charge is 0.493 e. The van der Waals surface area contributed by atoms with Crippen molar-refractivity contribution >= 4 is 0 Å². The van der Waals surface area contributed by atoms with Crippen molar-refractivity contribution in [3.8, 4) is 11.4 Å². The van der Waals surface area contributed by atoms with Crippen molar-refractivity contribution < 1.29 is 9.47 Å². The molecule has 23 heavy (non-hydrogen) atoms. The molecule has 5 heteroatoms. The van der Waals surface area contributed by atoms with Crippen LogP contribution in [0.2, 0.25) is 0 Å². The van der Waals surface area contributed by atoms with E-state index in [9.17, 15) is 0 Å². The number of fused-ring (bicyclic) bond motifs is 1. The van der Waals surface area contributed by atoms with E-state index in [0.29, 0.717) is 13.2 Å².